The average Bonchev–Trinajstić information content (AvgIpc) is 2.27. The molecule has 1 aromatic rings. The smallest absolute Gasteiger partial charge is 0.168 e. The summed E-state index contributed by atoms with van der Waals surface area (Å²) in [6, 6.07) is 2.02. The molecule has 0 fully saturated rings. The van der Waals surface area contributed by atoms with Crippen molar-refractivity contribution in [3.8, 4) is 5.75 Å². The van der Waals surface area contributed by atoms with Gasteiger partial charge in [0.2, 0.25) is 0 Å². The summed E-state index contributed by atoms with van der Waals surface area (Å²) in [6.45, 7) is 4.28. The van der Waals surface area contributed by atoms with Crippen LogP contribution in [-0.4, -0.2) is 12.6 Å². The SMILES string of the molecule is CCCOc1c(F)cc(F)cc1CC(N)CC. The van der Waals surface area contributed by atoms with Crippen molar-refractivity contribution in [2.24, 2.45) is 5.73 Å². The molecule has 1 unspecified atom stereocenters. The predicted molar refractivity (Wildman–Crippen MR) is 64.1 cm³/mol. The number of hydrogen-bond acceptors (Lipinski definition) is 2. The first-order valence-corrected chi connectivity index (χ1v) is 5.94. The van der Waals surface area contributed by atoms with Gasteiger partial charge in [0.05, 0.1) is 6.61 Å². The molecule has 0 saturated heterocycles. The van der Waals surface area contributed by atoms with E-state index in [1.165, 1.54) is 6.07 Å². The van der Waals surface area contributed by atoms with Gasteiger partial charge in [0.1, 0.15) is 5.82 Å². The van der Waals surface area contributed by atoms with E-state index in [9.17, 15) is 8.78 Å². The molecule has 0 radical (unpaired) electrons. The van der Waals surface area contributed by atoms with Gasteiger partial charge in [0.15, 0.2) is 11.6 Å². The van der Waals surface area contributed by atoms with Crippen LogP contribution >= 0.6 is 0 Å². The summed E-state index contributed by atoms with van der Waals surface area (Å²) in [5.41, 5.74) is 6.31. The van der Waals surface area contributed by atoms with Crippen molar-refractivity contribution in [2.45, 2.75) is 39.2 Å². The molecule has 0 amide bonds. The molecule has 0 heterocycles. The van der Waals surface area contributed by atoms with Gasteiger partial charge < -0.3 is 10.5 Å². The van der Waals surface area contributed by atoms with E-state index in [-0.39, 0.29) is 11.8 Å². The summed E-state index contributed by atoms with van der Waals surface area (Å²) in [5, 5.41) is 0. The van der Waals surface area contributed by atoms with Crippen molar-refractivity contribution in [3.05, 3.63) is 29.3 Å². The third-order valence-electron chi connectivity index (χ3n) is 2.54. The van der Waals surface area contributed by atoms with Gasteiger partial charge in [-0.1, -0.05) is 13.8 Å². The maximum Gasteiger partial charge on any atom is 0.168 e. The Balaban J connectivity index is 2.97. The summed E-state index contributed by atoms with van der Waals surface area (Å²) < 4.78 is 32.1. The summed E-state index contributed by atoms with van der Waals surface area (Å²) >= 11 is 0. The number of nitrogens with two attached hydrogens (primary N) is 1. The second-order valence-electron chi connectivity index (χ2n) is 4.10. The quantitative estimate of drug-likeness (QED) is 0.833. The van der Waals surface area contributed by atoms with Gasteiger partial charge in [-0.2, -0.15) is 0 Å². The van der Waals surface area contributed by atoms with Gasteiger partial charge in [0.25, 0.3) is 0 Å². The molecule has 0 aliphatic carbocycles. The highest BCUT2D eigenvalue weighted by Gasteiger charge is 2.14. The summed E-state index contributed by atoms with van der Waals surface area (Å²) in [5.74, 6) is -1.11. The van der Waals surface area contributed by atoms with Crippen molar-refractivity contribution in [1.29, 1.82) is 0 Å². The molecule has 0 saturated carbocycles. The van der Waals surface area contributed by atoms with Crippen LogP contribution < -0.4 is 10.5 Å². The van der Waals surface area contributed by atoms with Gasteiger partial charge in [-0.15, -0.1) is 0 Å². The highest BCUT2D eigenvalue weighted by molar-refractivity contribution is 5.36. The Morgan fingerprint density at radius 1 is 1.29 bits per heavy atom. The highest BCUT2D eigenvalue weighted by atomic mass is 19.1. The molecular weight excluding hydrogens is 224 g/mol. The second kappa shape index (κ2) is 6.55. The van der Waals surface area contributed by atoms with Crippen LogP contribution in [0.15, 0.2) is 12.1 Å². The number of halogens is 2. The molecular formula is C13H19F2NO. The fourth-order valence-corrected chi connectivity index (χ4v) is 1.56. The van der Waals surface area contributed by atoms with E-state index < -0.39 is 11.6 Å². The van der Waals surface area contributed by atoms with Crippen molar-refractivity contribution in [1.82, 2.24) is 0 Å². The zero-order chi connectivity index (χ0) is 12.8. The topological polar surface area (TPSA) is 35.2 Å². The van der Waals surface area contributed by atoms with Crippen LogP contribution in [-0.2, 0) is 6.42 Å². The number of benzene rings is 1. The van der Waals surface area contributed by atoms with Crippen molar-refractivity contribution in [2.75, 3.05) is 6.61 Å². The predicted octanol–water partition coefficient (Wildman–Crippen LogP) is 3.03. The fraction of sp³-hybridized carbons (Fsp3) is 0.538. The van der Waals surface area contributed by atoms with Gasteiger partial charge in [-0.25, -0.2) is 8.78 Å². The average molecular weight is 243 g/mol. The van der Waals surface area contributed by atoms with Crippen molar-refractivity contribution < 1.29 is 13.5 Å². The summed E-state index contributed by atoms with van der Waals surface area (Å²) in [6.07, 6.45) is 1.95. The molecule has 0 aliphatic rings. The van der Waals surface area contributed by atoms with Crippen LogP contribution in [0.4, 0.5) is 8.78 Å². The van der Waals surface area contributed by atoms with Crippen LogP contribution in [0.3, 0.4) is 0 Å². The standard InChI is InChI=1S/C13H19F2NO/c1-3-5-17-13-9(7-11(16)4-2)6-10(14)8-12(13)15/h6,8,11H,3-5,7,16H2,1-2H3. The number of ether oxygens (including phenoxy) is 1. The lowest BCUT2D eigenvalue weighted by Crippen LogP contribution is -2.22. The lowest BCUT2D eigenvalue weighted by molar-refractivity contribution is 0.296. The van der Waals surface area contributed by atoms with E-state index in [0.29, 0.717) is 18.6 Å². The molecule has 0 aromatic heterocycles. The Kier molecular flexibility index (Phi) is 5.35. The van der Waals surface area contributed by atoms with Gasteiger partial charge in [-0.05, 0) is 25.3 Å². The maximum atomic E-state index is 13.6. The molecule has 96 valence electrons. The Hall–Kier alpha value is -1.16. The van der Waals surface area contributed by atoms with Crippen LogP contribution in [0.5, 0.6) is 5.75 Å². The molecule has 1 atom stereocenters. The molecule has 1 aromatic carbocycles. The lowest BCUT2D eigenvalue weighted by atomic mass is 10.0. The van der Waals surface area contributed by atoms with Gasteiger partial charge in [-0.3, -0.25) is 0 Å². The van der Waals surface area contributed by atoms with E-state index in [2.05, 4.69) is 0 Å². The zero-order valence-electron chi connectivity index (χ0n) is 10.3. The molecule has 2 nitrogen and oxygen atoms in total. The molecule has 4 heteroatoms. The molecule has 0 spiro atoms. The Morgan fingerprint density at radius 3 is 2.59 bits per heavy atom. The van der Waals surface area contributed by atoms with E-state index in [1.54, 1.807) is 0 Å². The molecule has 1 rings (SSSR count). The molecule has 0 bridgehead atoms. The monoisotopic (exact) mass is 243 g/mol. The zero-order valence-corrected chi connectivity index (χ0v) is 10.3. The number of rotatable bonds is 6. The van der Waals surface area contributed by atoms with Crippen LogP contribution in [0.25, 0.3) is 0 Å². The molecule has 2 N–H and O–H groups in total. The van der Waals surface area contributed by atoms with Crippen molar-refractivity contribution in [3.63, 3.8) is 0 Å². The third-order valence-corrected chi connectivity index (χ3v) is 2.54. The second-order valence-corrected chi connectivity index (χ2v) is 4.10. The van der Waals surface area contributed by atoms with Crippen LogP contribution in [0.1, 0.15) is 32.3 Å². The van der Waals surface area contributed by atoms with E-state index in [4.69, 9.17) is 10.5 Å². The normalized spacial score (nSPS) is 12.5. The van der Waals surface area contributed by atoms with Crippen LogP contribution in [0, 0.1) is 11.6 Å². The van der Waals surface area contributed by atoms with E-state index in [0.717, 1.165) is 18.9 Å². The Bertz CT molecular complexity index is 369. The fourth-order valence-electron chi connectivity index (χ4n) is 1.56. The number of hydrogen-bond donors (Lipinski definition) is 1. The first kappa shape index (κ1) is 13.9. The van der Waals surface area contributed by atoms with E-state index in [1.807, 2.05) is 13.8 Å². The lowest BCUT2D eigenvalue weighted by Gasteiger charge is -2.15. The maximum absolute atomic E-state index is 13.6. The van der Waals surface area contributed by atoms with Gasteiger partial charge in [0, 0.05) is 17.7 Å². The highest BCUT2D eigenvalue weighted by Crippen LogP contribution is 2.26. The summed E-state index contributed by atoms with van der Waals surface area (Å²) in [7, 11) is 0. The van der Waals surface area contributed by atoms with E-state index >= 15 is 0 Å². The minimum Gasteiger partial charge on any atom is -0.490 e. The first-order valence-electron chi connectivity index (χ1n) is 5.94. The molecule has 17 heavy (non-hydrogen) atoms. The first-order chi connectivity index (χ1) is 8.08. The summed E-state index contributed by atoms with van der Waals surface area (Å²) in [4.78, 5) is 0. The van der Waals surface area contributed by atoms with Gasteiger partial charge >= 0.3 is 0 Å². The minimum atomic E-state index is -0.656. The third kappa shape index (κ3) is 3.97. The Morgan fingerprint density at radius 2 is 2.00 bits per heavy atom. The van der Waals surface area contributed by atoms with Crippen LogP contribution in [0.2, 0.25) is 0 Å². The largest absolute Gasteiger partial charge is 0.490 e. The van der Waals surface area contributed by atoms with Crippen molar-refractivity contribution >= 4 is 0 Å². The Labute approximate surface area is 101 Å². The minimum absolute atomic E-state index is 0.111. The molecule has 0 aliphatic heterocycles.